The molecule has 1 aromatic heterocycles. The van der Waals surface area contributed by atoms with E-state index >= 15 is 0 Å². The summed E-state index contributed by atoms with van der Waals surface area (Å²) in [6.07, 6.45) is 1.43. The number of urea groups is 1. The number of imide groups is 1. The molecule has 8 heteroatoms. The first-order valence-corrected chi connectivity index (χ1v) is 7.83. The molecule has 0 aromatic carbocycles. The lowest BCUT2D eigenvalue weighted by Crippen LogP contribution is -2.33. The Morgan fingerprint density at radius 2 is 2.09 bits per heavy atom. The Bertz CT molecular complexity index is 623. The monoisotopic (exact) mass is 321 g/mol. The molecule has 126 valence electrons. The molecule has 8 nitrogen and oxygen atoms in total. The Morgan fingerprint density at radius 3 is 2.65 bits per heavy atom. The Kier molecular flexibility index (Phi) is 5.36. The predicted octanol–water partition coefficient (Wildman–Crippen LogP) is 0.167. The van der Waals surface area contributed by atoms with Crippen molar-refractivity contribution in [2.45, 2.75) is 52.6 Å². The normalized spacial score (nSPS) is 17.1. The fraction of sp³-hybridized carbons (Fsp3) is 0.600. The van der Waals surface area contributed by atoms with Crippen LogP contribution in [0.2, 0.25) is 0 Å². The minimum Gasteiger partial charge on any atom is -0.354 e. The second kappa shape index (κ2) is 7.26. The summed E-state index contributed by atoms with van der Waals surface area (Å²) in [5, 5.41) is 11.9. The minimum atomic E-state index is -0.614. The summed E-state index contributed by atoms with van der Waals surface area (Å²) in [6, 6.07) is -1.12. The molecule has 0 spiro atoms. The summed E-state index contributed by atoms with van der Waals surface area (Å²) in [4.78, 5) is 34.1. The van der Waals surface area contributed by atoms with E-state index < -0.39 is 12.1 Å². The van der Waals surface area contributed by atoms with E-state index in [1.165, 1.54) is 5.56 Å². The van der Waals surface area contributed by atoms with Crippen molar-refractivity contribution < 1.29 is 14.4 Å². The quantitative estimate of drug-likeness (QED) is 0.622. The van der Waals surface area contributed by atoms with Crippen LogP contribution in [0.5, 0.6) is 0 Å². The molecule has 1 saturated heterocycles. The van der Waals surface area contributed by atoms with Crippen LogP contribution in [-0.4, -0.2) is 40.2 Å². The molecule has 2 heterocycles. The molecule has 0 aliphatic carbocycles. The van der Waals surface area contributed by atoms with Crippen LogP contribution in [0.3, 0.4) is 0 Å². The number of carbonyl (C=O) groups excluding carboxylic acids is 3. The van der Waals surface area contributed by atoms with Crippen molar-refractivity contribution >= 4 is 17.8 Å². The number of nitrogens with one attached hydrogen (secondary N) is 3. The van der Waals surface area contributed by atoms with E-state index in [1.54, 1.807) is 0 Å². The molecular formula is C15H23N5O3. The SMILES string of the molecule is CCc1c(C)nn(CCNC(=O)CC[C@@H]2NC(=O)NC2=O)c1C. The van der Waals surface area contributed by atoms with Crippen molar-refractivity contribution in [3.05, 3.63) is 17.0 Å². The number of carbonyl (C=O) groups is 3. The number of aryl methyl sites for hydroxylation is 1. The zero-order chi connectivity index (χ0) is 17.0. The zero-order valence-corrected chi connectivity index (χ0v) is 13.7. The molecule has 0 saturated carbocycles. The van der Waals surface area contributed by atoms with Gasteiger partial charge in [0.1, 0.15) is 6.04 Å². The van der Waals surface area contributed by atoms with Gasteiger partial charge in [-0.15, -0.1) is 0 Å². The lowest BCUT2D eigenvalue weighted by molar-refractivity contribution is -0.122. The zero-order valence-electron chi connectivity index (χ0n) is 13.7. The molecule has 2 rings (SSSR count). The summed E-state index contributed by atoms with van der Waals surface area (Å²) < 4.78 is 1.90. The summed E-state index contributed by atoms with van der Waals surface area (Å²) in [7, 11) is 0. The maximum atomic E-state index is 11.8. The van der Waals surface area contributed by atoms with E-state index in [2.05, 4.69) is 28.0 Å². The first-order chi connectivity index (χ1) is 10.9. The van der Waals surface area contributed by atoms with Gasteiger partial charge in [-0.3, -0.25) is 19.6 Å². The molecule has 1 fully saturated rings. The highest BCUT2D eigenvalue weighted by atomic mass is 16.2. The second-order valence-electron chi connectivity index (χ2n) is 5.63. The van der Waals surface area contributed by atoms with Crippen molar-refractivity contribution in [2.75, 3.05) is 6.54 Å². The van der Waals surface area contributed by atoms with Crippen LogP contribution in [0.25, 0.3) is 0 Å². The Hall–Kier alpha value is -2.38. The smallest absolute Gasteiger partial charge is 0.322 e. The summed E-state index contributed by atoms with van der Waals surface area (Å²) in [5.41, 5.74) is 3.41. The Labute approximate surface area is 135 Å². The molecule has 0 radical (unpaired) electrons. The molecule has 0 bridgehead atoms. The van der Waals surface area contributed by atoms with Gasteiger partial charge in [0, 0.05) is 18.7 Å². The van der Waals surface area contributed by atoms with Crippen molar-refractivity contribution in [1.29, 1.82) is 0 Å². The van der Waals surface area contributed by atoms with Crippen LogP contribution < -0.4 is 16.0 Å². The van der Waals surface area contributed by atoms with Crippen molar-refractivity contribution in [3.8, 4) is 0 Å². The second-order valence-corrected chi connectivity index (χ2v) is 5.63. The molecule has 1 atom stereocenters. The molecule has 0 unspecified atom stereocenters. The van der Waals surface area contributed by atoms with E-state index in [-0.39, 0.29) is 18.2 Å². The number of aromatic nitrogens is 2. The molecule has 1 aromatic rings. The Morgan fingerprint density at radius 1 is 1.35 bits per heavy atom. The highest BCUT2D eigenvalue weighted by molar-refractivity contribution is 6.04. The number of hydrogen-bond donors (Lipinski definition) is 3. The molecule has 3 N–H and O–H groups in total. The van der Waals surface area contributed by atoms with E-state index in [9.17, 15) is 14.4 Å². The predicted molar refractivity (Wildman–Crippen MR) is 83.8 cm³/mol. The third kappa shape index (κ3) is 4.08. The average molecular weight is 321 g/mol. The molecule has 1 aliphatic heterocycles. The van der Waals surface area contributed by atoms with Crippen molar-refractivity contribution in [3.63, 3.8) is 0 Å². The molecule has 4 amide bonds. The standard InChI is InChI=1S/C15H23N5O3/c1-4-11-9(2)19-20(10(11)3)8-7-16-13(21)6-5-12-14(22)18-15(23)17-12/h12H,4-8H2,1-3H3,(H,16,21)(H2,17,18,22,23)/t12-/m0/s1. The minimum absolute atomic E-state index is 0.142. The van der Waals surface area contributed by atoms with Gasteiger partial charge in [-0.2, -0.15) is 5.10 Å². The number of hydrogen-bond acceptors (Lipinski definition) is 4. The van der Waals surface area contributed by atoms with Gasteiger partial charge < -0.3 is 10.6 Å². The van der Waals surface area contributed by atoms with Gasteiger partial charge in [0.25, 0.3) is 5.91 Å². The fourth-order valence-electron chi connectivity index (χ4n) is 2.79. The van der Waals surface area contributed by atoms with Crippen LogP contribution in [-0.2, 0) is 22.6 Å². The number of nitrogens with zero attached hydrogens (tertiary/aromatic N) is 2. The topological polar surface area (TPSA) is 105 Å². The van der Waals surface area contributed by atoms with Gasteiger partial charge in [0.05, 0.1) is 12.2 Å². The fourth-order valence-corrected chi connectivity index (χ4v) is 2.79. The van der Waals surface area contributed by atoms with Crippen LogP contribution in [0.4, 0.5) is 4.79 Å². The van der Waals surface area contributed by atoms with Crippen molar-refractivity contribution in [1.82, 2.24) is 25.7 Å². The van der Waals surface area contributed by atoms with Gasteiger partial charge >= 0.3 is 6.03 Å². The van der Waals surface area contributed by atoms with Gasteiger partial charge in [-0.05, 0) is 32.3 Å². The van der Waals surface area contributed by atoms with Gasteiger partial charge in [-0.25, -0.2) is 4.79 Å². The summed E-state index contributed by atoms with van der Waals surface area (Å²) >= 11 is 0. The Balaban J connectivity index is 1.73. The van der Waals surface area contributed by atoms with E-state index in [4.69, 9.17) is 0 Å². The van der Waals surface area contributed by atoms with Crippen LogP contribution in [0.1, 0.15) is 36.7 Å². The van der Waals surface area contributed by atoms with Crippen molar-refractivity contribution in [2.24, 2.45) is 0 Å². The lowest BCUT2D eigenvalue weighted by Gasteiger charge is -2.09. The van der Waals surface area contributed by atoms with E-state index in [0.29, 0.717) is 19.5 Å². The van der Waals surface area contributed by atoms with E-state index in [0.717, 1.165) is 17.8 Å². The summed E-state index contributed by atoms with van der Waals surface area (Å²) in [5.74, 6) is -0.520. The third-order valence-corrected chi connectivity index (χ3v) is 4.05. The largest absolute Gasteiger partial charge is 0.354 e. The number of amides is 4. The van der Waals surface area contributed by atoms with E-state index in [1.807, 2.05) is 18.5 Å². The molecule has 1 aliphatic rings. The number of rotatable bonds is 7. The average Bonchev–Trinajstić information content (AvgIpc) is 2.95. The van der Waals surface area contributed by atoms with Crippen LogP contribution in [0.15, 0.2) is 0 Å². The molecule has 23 heavy (non-hydrogen) atoms. The first kappa shape index (κ1) is 17.0. The first-order valence-electron chi connectivity index (χ1n) is 7.83. The van der Waals surface area contributed by atoms with Gasteiger partial charge in [0.2, 0.25) is 5.91 Å². The highest BCUT2D eigenvalue weighted by Gasteiger charge is 2.29. The summed E-state index contributed by atoms with van der Waals surface area (Å²) in [6.45, 7) is 7.21. The maximum Gasteiger partial charge on any atom is 0.322 e. The van der Waals surface area contributed by atoms with Crippen LogP contribution in [0, 0.1) is 13.8 Å². The highest BCUT2D eigenvalue weighted by Crippen LogP contribution is 2.13. The van der Waals surface area contributed by atoms with Gasteiger partial charge in [0.15, 0.2) is 0 Å². The lowest BCUT2D eigenvalue weighted by atomic mass is 10.1. The molecular weight excluding hydrogens is 298 g/mol. The maximum absolute atomic E-state index is 11.8. The van der Waals surface area contributed by atoms with Crippen LogP contribution >= 0.6 is 0 Å². The van der Waals surface area contributed by atoms with Gasteiger partial charge in [-0.1, -0.05) is 6.92 Å². The third-order valence-electron chi connectivity index (χ3n) is 4.05.